The smallest absolute Gasteiger partial charge is 0.408 e. The van der Waals surface area contributed by atoms with Crippen LogP contribution in [0.5, 0.6) is 0 Å². The second kappa shape index (κ2) is 5.72. The van der Waals surface area contributed by atoms with E-state index in [-0.39, 0.29) is 5.92 Å². The number of amides is 2. The van der Waals surface area contributed by atoms with Crippen molar-refractivity contribution in [2.24, 2.45) is 11.7 Å². The van der Waals surface area contributed by atoms with Crippen LogP contribution in [0.1, 0.15) is 41.0 Å². The molecule has 94 valence electrons. The highest BCUT2D eigenvalue weighted by Gasteiger charge is 2.23. The molecule has 0 heterocycles. The monoisotopic (exact) mass is 230 g/mol. The van der Waals surface area contributed by atoms with Crippen LogP contribution in [-0.4, -0.2) is 23.6 Å². The van der Waals surface area contributed by atoms with Crippen molar-refractivity contribution in [1.82, 2.24) is 5.32 Å². The van der Waals surface area contributed by atoms with Gasteiger partial charge >= 0.3 is 6.09 Å². The van der Waals surface area contributed by atoms with E-state index >= 15 is 0 Å². The molecular formula is C11H22N2O3. The van der Waals surface area contributed by atoms with Gasteiger partial charge in [0, 0.05) is 0 Å². The SMILES string of the molecule is CC(C)CC(NC(=O)OC(C)(C)C)C(N)=O. The maximum Gasteiger partial charge on any atom is 0.408 e. The maximum absolute atomic E-state index is 11.4. The summed E-state index contributed by atoms with van der Waals surface area (Å²) in [6.45, 7) is 9.18. The van der Waals surface area contributed by atoms with Gasteiger partial charge in [-0.1, -0.05) is 13.8 Å². The first-order chi connectivity index (χ1) is 7.11. The summed E-state index contributed by atoms with van der Waals surface area (Å²) in [6.07, 6.45) is -0.105. The van der Waals surface area contributed by atoms with Crippen LogP contribution < -0.4 is 11.1 Å². The van der Waals surface area contributed by atoms with E-state index in [1.54, 1.807) is 20.8 Å². The van der Waals surface area contributed by atoms with Crippen LogP contribution in [0.2, 0.25) is 0 Å². The van der Waals surface area contributed by atoms with Gasteiger partial charge in [-0.25, -0.2) is 4.79 Å². The summed E-state index contributed by atoms with van der Waals surface area (Å²) in [4.78, 5) is 22.5. The summed E-state index contributed by atoms with van der Waals surface area (Å²) in [7, 11) is 0. The number of nitrogens with two attached hydrogens (primary N) is 1. The molecule has 0 aliphatic rings. The summed E-state index contributed by atoms with van der Waals surface area (Å²) in [5.41, 5.74) is 4.61. The van der Waals surface area contributed by atoms with Gasteiger partial charge < -0.3 is 15.8 Å². The first kappa shape index (κ1) is 14.7. The molecule has 0 fully saturated rings. The molecule has 0 aromatic heterocycles. The number of alkyl carbamates (subject to hydrolysis) is 1. The Hall–Kier alpha value is -1.26. The van der Waals surface area contributed by atoms with Crippen molar-refractivity contribution in [3.8, 4) is 0 Å². The van der Waals surface area contributed by atoms with Crippen molar-refractivity contribution in [3.63, 3.8) is 0 Å². The minimum Gasteiger partial charge on any atom is -0.444 e. The summed E-state index contributed by atoms with van der Waals surface area (Å²) in [5, 5.41) is 2.47. The van der Waals surface area contributed by atoms with Crippen molar-refractivity contribution in [1.29, 1.82) is 0 Å². The molecule has 0 aromatic rings. The average molecular weight is 230 g/mol. The lowest BCUT2D eigenvalue weighted by molar-refractivity contribution is -0.120. The molecule has 0 aliphatic heterocycles. The third kappa shape index (κ3) is 7.09. The Morgan fingerprint density at radius 2 is 1.81 bits per heavy atom. The van der Waals surface area contributed by atoms with E-state index in [9.17, 15) is 9.59 Å². The van der Waals surface area contributed by atoms with Crippen LogP contribution >= 0.6 is 0 Å². The molecule has 2 amide bonds. The van der Waals surface area contributed by atoms with Crippen molar-refractivity contribution in [2.75, 3.05) is 0 Å². The minimum absolute atomic E-state index is 0.271. The molecule has 1 unspecified atom stereocenters. The number of hydrogen-bond donors (Lipinski definition) is 2. The van der Waals surface area contributed by atoms with Crippen LogP contribution in [-0.2, 0) is 9.53 Å². The van der Waals surface area contributed by atoms with Crippen LogP contribution in [0.25, 0.3) is 0 Å². The Morgan fingerprint density at radius 1 is 1.31 bits per heavy atom. The van der Waals surface area contributed by atoms with E-state index in [1.807, 2.05) is 13.8 Å². The number of primary amides is 1. The van der Waals surface area contributed by atoms with Crippen LogP contribution in [0.3, 0.4) is 0 Å². The van der Waals surface area contributed by atoms with Gasteiger partial charge in [-0.05, 0) is 33.1 Å². The fraction of sp³-hybridized carbons (Fsp3) is 0.818. The third-order valence-electron chi connectivity index (χ3n) is 1.74. The van der Waals surface area contributed by atoms with Crippen LogP contribution in [0.4, 0.5) is 4.79 Å². The predicted molar refractivity (Wildman–Crippen MR) is 61.8 cm³/mol. The van der Waals surface area contributed by atoms with Gasteiger partial charge in [0.1, 0.15) is 11.6 Å². The topological polar surface area (TPSA) is 81.4 Å². The Labute approximate surface area is 96.7 Å². The highest BCUT2D eigenvalue weighted by molar-refractivity contribution is 5.84. The van der Waals surface area contributed by atoms with Gasteiger partial charge in [0.15, 0.2) is 0 Å². The zero-order chi connectivity index (χ0) is 12.9. The summed E-state index contributed by atoms with van der Waals surface area (Å²) in [6, 6.07) is -0.671. The molecule has 0 saturated carbocycles. The number of carbonyl (C=O) groups is 2. The van der Waals surface area contributed by atoms with E-state index in [4.69, 9.17) is 10.5 Å². The number of carbonyl (C=O) groups excluding carboxylic acids is 2. The Morgan fingerprint density at radius 3 is 2.12 bits per heavy atom. The van der Waals surface area contributed by atoms with Gasteiger partial charge in [0.2, 0.25) is 5.91 Å². The molecule has 0 radical (unpaired) electrons. The fourth-order valence-electron chi connectivity index (χ4n) is 1.17. The molecular weight excluding hydrogens is 208 g/mol. The van der Waals surface area contributed by atoms with Crippen LogP contribution in [0.15, 0.2) is 0 Å². The second-order valence-corrected chi connectivity index (χ2v) is 5.23. The van der Waals surface area contributed by atoms with Gasteiger partial charge in [-0.15, -0.1) is 0 Å². The van der Waals surface area contributed by atoms with Crippen LogP contribution in [0, 0.1) is 5.92 Å². The standard InChI is InChI=1S/C11H22N2O3/c1-7(2)6-8(9(12)14)13-10(15)16-11(3,4)5/h7-8H,6H2,1-5H3,(H2,12,14)(H,13,15). The maximum atomic E-state index is 11.4. The van der Waals surface area contributed by atoms with Gasteiger partial charge in [-0.3, -0.25) is 4.79 Å². The summed E-state index contributed by atoms with van der Waals surface area (Å²) < 4.78 is 5.04. The average Bonchev–Trinajstić information content (AvgIpc) is 1.97. The molecule has 3 N–H and O–H groups in total. The molecule has 0 rings (SSSR count). The molecule has 0 bridgehead atoms. The summed E-state index contributed by atoms with van der Waals surface area (Å²) in [5.74, 6) is -0.271. The second-order valence-electron chi connectivity index (χ2n) is 5.23. The molecule has 0 spiro atoms. The fourth-order valence-corrected chi connectivity index (χ4v) is 1.17. The zero-order valence-electron chi connectivity index (χ0n) is 10.7. The molecule has 0 aliphatic carbocycles. The highest BCUT2D eigenvalue weighted by Crippen LogP contribution is 2.09. The first-order valence-corrected chi connectivity index (χ1v) is 5.40. The normalized spacial score (nSPS) is 13.4. The molecule has 5 nitrogen and oxygen atoms in total. The van der Waals surface area contributed by atoms with Crippen molar-refractivity contribution >= 4 is 12.0 Å². The van der Waals surface area contributed by atoms with Gasteiger partial charge in [0.05, 0.1) is 0 Å². The van der Waals surface area contributed by atoms with E-state index in [0.29, 0.717) is 6.42 Å². The molecule has 0 saturated heterocycles. The highest BCUT2D eigenvalue weighted by atomic mass is 16.6. The van der Waals surface area contributed by atoms with Crippen molar-refractivity contribution in [3.05, 3.63) is 0 Å². The predicted octanol–water partition coefficient (Wildman–Crippen LogP) is 1.41. The van der Waals surface area contributed by atoms with Crippen molar-refractivity contribution < 1.29 is 14.3 Å². The first-order valence-electron chi connectivity index (χ1n) is 5.40. The van der Waals surface area contributed by atoms with E-state index in [0.717, 1.165) is 0 Å². The number of ether oxygens (including phenoxy) is 1. The Kier molecular flexibility index (Phi) is 5.27. The Balaban J connectivity index is 4.30. The number of rotatable bonds is 4. The number of hydrogen-bond acceptors (Lipinski definition) is 3. The third-order valence-corrected chi connectivity index (χ3v) is 1.74. The largest absolute Gasteiger partial charge is 0.444 e. The quantitative estimate of drug-likeness (QED) is 0.766. The lowest BCUT2D eigenvalue weighted by Crippen LogP contribution is -2.46. The minimum atomic E-state index is -0.671. The Bertz CT molecular complexity index is 256. The van der Waals surface area contributed by atoms with Gasteiger partial charge in [-0.2, -0.15) is 0 Å². The van der Waals surface area contributed by atoms with E-state index < -0.39 is 23.6 Å². The molecule has 16 heavy (non-hydrogen) atoms. The zero-order valence-corrected chi connectivity index (χ0v) is 10.7. The van der Waals surface area contributed by atoms with Gasteiger partial charge in [0.25, 0.3) is 0 Å². The lowest BCUT2D eigenvalue weighted by atomic mass is 10.0. The lowest BCUT2D eigenvalue weighted by Gasteiger charge is -2.23. The molecule has 0 aromatic carbocycles. The molecule has 5 heteroatoms. The summed E-state index contributed by atoms with van der Waals surface area (Å²) >= 11 is 0. The number of nitrogens with one attached hydrogen (secondary N) is 1. The van der Waals surface area contributed by atoms with E-state index in [1.165, 1.54) is 0 Å². The van der Waals surface area contributed by atoms with E-state index in [2.05, 4.69) is 5.32 Å². The molecule has 1 atom stereocenters. The van der Waals surface area contributed by atoms with Crippen molar-refractivity contribution in [2.45, 2.75) is 52.7 Å².